The number of hydrogen-bond donors (Lipinski definition) is 3. The molecule has 0 spiro atoms. The van der Waals surface area contributed by atoms with Crippen LogP contribution in [0.2, 0.25) is 0 Å². The Kier molecular flexibility index (Phi) is 3.90. The Balaban J connectivity index is 2.17. The van der Waals surface area contributed by atoms with Gasteiger partial charge in [0.25, 0.3) is 5.91 Å². The number of carbonyl (C=O) groups excluding carboxylic acids is 1. The topological polar surface area (TPSA) is 86.8 Å². The van der Waals surface area contributed by atoms with Crippen LogP contribution in [0.1, 0.15) is 23.2 Å². The van der Waals surface area contributed by atoms with E-state index >= 15 is 0 Å². The van der Waals surface area contributed by atoms with Crippen molar-refractivity contribution < 1.29 is 15.0 Å². The van der Waals surface area contributed by atoms with Gasteiger partial charge in [-0.3, -0.25) is 4.79 Å². The highest BCUT2D eigenvalue weighted by atomic mass is 32.1. The number of carbonyl (C=O) groups is 1. The van der Waals surface area contributed by atoms with Gasteiger partial charge >= 0.3 is 0 Å². The monoisotopic (exact) mass is 280 g/mol. The lowest BCUT2D eigenvalue weighted by atomic mass is 9.97. The van der Waals surface area contributed by atoms with Crippen LogP contribution in [-0.4, -0.2) is 39.1 Å². The summed E-state index contributed by atoms with van der Waals surface area (Å²) in [5.41, 5.74) is 5.81. The van der Waals surface area contributed by atoms with Gasteiger partial charge in [0, 0.05) is 25.1 Å². The van der Waals surface area contributed by atoms with Crippen molar-refractivity contribution in [3.63, 3.8) is 0 Å². The van der Waals surface area contributed by atoms with E-state index in [1.54, 1.807) is 4.90 Å². The minimum absolute atomic E-state index is 0.0342. The molecule has 5 nitrogen and oxygen atoms in total. The molecule has 1 saturated heterocycles. The standard InChI is InChI=1S/C13H16N2O3S/c14-12(19)8-2-1-5-15(7-8)13(18)10-4-3-9(16)6-11(10)17/h3-4,6,8,16-17H,1-2,5,7H2,(H2,14,19). The maximum Gasteiger partial charge on any atom is 0.257 e. The maximum absolute atomic E-state index is 12.3. The van der Waals surface area contributed by atoms with E-state index in [9.17, 15) is 15.0 Å². The van der Waals surface area contributed by atoms with Crippen LogP contribution in [0.25, 0.3) is 0 Å². The molecule has 0 bridgehead atoms. The summed E-state index contributed by atoms with van der Waals surface area (Å²) in [4.78, 5) is 14.4. The highest BCUT2D eigenvalue weighted by molar-refractivity contribution is 7.80. The average Bonchev–Trinajstić information content (AvgIpc) is 2.38. The van der Waals surface area contributed by atoms with Crippen molar-refractivity contribution in [2.75, 3.05) is 13.1 Å². The summed E-state index contributed by atoms with van der Waals surface area (Å²) in [5, 5.41) is 18.9. The SMILES string of the molecule is NC(=S)C1CCCN(C(=O)c2ccc(O)cc2O)C1. The van der Waals surface area contributed by atoms with E-state index in [2.05, 4.69) is 0 Å². The van der Waals surface area contributed by atoms with Crippen molar-refractivity contribution in [2.24, 2.45) is 11.7 Å². The summed E-state index contributed by atoms with van der Waals surface area (Å²) in [6.45, 7) is 1.10. The van der Waals surface area contributed by atoms with Crippen molar-refractivity contribution in [1.82, 2.24) is 4.90 Å². The van der Waals surface area contributed by atoms with Gasteiger partial charge in [-0.05, 0) is 25.0 Å². The third-order valence-electron chi connectivity index (χ3n) is 3.32. The molecule has 0 saturated carbocycles. The number of aromatic hydroxyl groups is 2. The van der Waals surface area contributed by atoms with Crippen molar-refractivity contribution >= 4 is 23.1 Å². The number of phenols is 2. The van der Waals surface area contributed by atoms with Crippen molar-refractivity contribution in [3.8, 4) is 11.5 Å². The molecule has 1 amide bonds. The lowest BCUT2D eigenvalue weighted by Crippen LogP contribution is -2.43. The number of likely N-dealkylation sites (tertiary alicyclic amines) is 1. The Morgan fingerprint density at radius 2 is 2.16 bits per heavy atom. The number of amides is 1. The number of rotatable bonds is 2. The summed E-state index contributed by atoms with van der Waals surface area (Å²) in [7, 11) is 0. The maximum atomic E-state index is 12.3. The Hall–Kier alpha value is -1.82. The first kappa shape index (κ1) is 13.6. The first-order chi connectivity index (χ1) is 8.99. The van der Waals surface area contributed by atoms with E-state index in [0.717, 1.165) is 18.9 Å². The number of phenolic OH excluding ortho intramolecular Hbond substituents is 2. The Labute approximate surface area is 116 Å². The van der Waals surface area contributed by atoms with Crippen molar-refractivity contribution in [1.29, 1.82) is 0 Å². The summed E-state index contributed by atoms with van der Waals surface area (Å²) in [6.07, 6.45) is 1.73. The van der Waals surface area contributed by atoms with Crippen LogP contribution in [0.4, 0.5) is 0 Å². The second kappa shape index (κ2) is 5.44. The van der Waals surface area contributed by atoms with E-state index in [1.165, 1.54) is 12.1 Å². The van der Waals surface area contributed by atoms with E-state index in [1.807, 2.05) is 0 Å². The second-order valence-corrected chi connectivity index (χ2v) is 5.17. The molecule has 4 N–H and O–H groups in total. The first-order valence-corrected chi connectivity index (χ1v) is 6.50. The zero-order valence-corrected chi connectivity index (χ0v) is 11.2. The molecule has 1 aromatic carbocycles. The third-order valence-corrected chi connectivity index (χ3v) is 3.66. The molecule has 1 aliphatic heterocycles. The summed E-state index contributed by atoms with van der Waals surface area (Å²) in [6, 6.07) is 3.95. The zero-order chi connectivity index (χ0) is 14.0. The fraction of sp³-hybridized carbons (Fsp3) is 0.385. The van der Waals surface area contributed by atoms with E-state index in [4.69, 9.17) is 18.0 Å². The molecule has 0 aliphatic carbocycles. The summed E-state index contributed by atoms with van der Waals surface area (Å²) >= 11 is 4.97. The van der Waals surface area contributed by atoms with Crippen LogP contribution in [0.5, 0.6) is 11.5 Å². The van der Waals surface area contributed by atoms with E-state index in [0.29, 0.717) is 18.1 Å². The van der Waals surface area contributed by atoms with Crippen LogP contribution in [0.15, 0.2) is 18.2 Å². The van der Waals surface area contributed by atoms with Gasteiger partial charge in [0.15, 0.2) is 0 Å². The molecular formula is C13H16N2O3S. The van der Waals surface area contributed by atoms with Gasteiger partial charge in [-0.15, -0.1) is 0 Å². The number of thiocarbonyl (C=S) groups is 1. The molecular weight excluding hydrogens is 264 g/mol. The second-order valence-electron chi connectivity index (χ2n) is 4.69. The van der Waals surface area contributed by atoms with E-state index < -0.39 is 0 Å². The number of nitrogens with zero attached hydrogens (tertiary/aromatic N) is 1. The predicted molar refractivity (Wildman–Crippen MR) is 75.2 cm³/mol. The van der Waals surface area contributed by atoms with Crippen molar-refractivity contribution in [3.05, 3.63) is 23.8 Å². The number of benzene rings is 1. The van der Waals surface area contributed by atoms with Gasteiger partial charge in [0.1, 0.15) is 11.5 Å². The molecule has 1 aliphatic rings. The highest BCUT2D eigenvalue weighted by Gasteiger charge is 2.27. The Bertz CT molecular complexity index is 519. The van der Waals surface area contributed by atoms with Crippen LogP contribution < -0.4 is 5.73 Å². The van der Waals surface area contributed by atoms with Crippen LogP contribution in [-0.2, 0) is 0 Å². The number of hydrogen-bond acceptors (Lipinski definition) is 4. The Morgan fingerprint density at radius 1 is 1.42 bits per heavy atom. The predicted octanol–water partition coefficient (Wildman–Crippen LogP) is 1.24. The molecule has 0 aromatic heterocycles. The largest absolute Gasteiger partial charge is 0.508 e. The Morgan fingerprint density at radius 3 is 2.79 bits per heavy atom. The molecule has 1 aromatic rings. The fourth-order valence-corrected chi connectivity index (χ4v) is 2.46. The molecule has 19 heavy (non-hydrogen) atoms. The molecule has 1 heterocycles. The van der Waals surface area contributed by atoms with Gasteiger partial charge in [-0.25, -0.2) is 0 Å². The molecule has 102 valence electrons. The number of nitrogens with two attached hydrogens (primary N) is 1. The minimum atomic E-state index is -0.265. The smallest absolute Gasteiger partial charge is 0.257 e. The van der Waals surface area contributed by atoms with Gasteiger partial charge in [0.2, 0.25) is 0 Å². The van der Waals surface area contributed by atoms with E-state index in [-0.39, 0.29) is 28.9 Å². The van der Waals surface area contributed by atoms with Crippen LogP contribution >= 0.6 is 12.2 Å². The summed E-state index contributed by atoms with van der Waals surface area (Å²) in [5.74, 6) is -0.526. The summed E-state index contributed by atoms with van der Waals surface area (Å²) < 4.78 is 0. The third kappa shape index (κ3) is 2.96. The molecule has 2 rings (SSSR count). The van der Waals surface area contributed by atoms with Gasteiger partial charge in [-0.1, -0.05) is 12.2 Å². The lowest BCUT2D eigenvalue weighted by Gasteiger charge is -2.32. The molecule has 1 unspecified atom stereocenters. The lowest BCUT2D eigenvalue weighted by molar-refractivity contribution is 0.0700. The zero-order valence-electron chi connectivity index (χ0n) is 10.4. The highest BCUT2D eigenvalue weighted by Crippen LogP contribution is 2.26. The average molecular weight is 280 g/mol. The molecule has 0 radical (unpaired) electrons. The molecule has 1 atom stereocenters. The minimum Gasteiger partial charge on any atom is -0.508 e. The normalized spacial score (nSPS) is 19.2. The molecule has 6 heteroatoms. The van der Waals surface area contributed by atoms with Gasteiger partial charge < -0.3 is 20.8 Å². The quantitative estimate of drug-likeness (QED) is 0.709. The van der Waals surface area contributed by atoms with Crippen LogP contribution in [0, 0.1) is 5.92 Å². The first-order valence-electron chi connectivity index (χ1n) is 6.09. The van der Waals surface area contributed by atoms with Gasteiger partial charge in [0.05, 0.1) is 10.6 Å². The molecule has 1 fully saturated rings. The van der Waals surface area contributed by atoms with Gasteiger partial charge in [-0.2, -0.15) is 0 Å². The van der Waals surface area contributed by atoms with Crippen molar-refractivity contribution in [2.45, 2.75) is 12.8 Å². The number of piperidine rings is 1. The van der Waals surface area contributed by atoms with Crippen LogP contribution in [0.3, 0.4) is 0 Å². The fourth-order valence-electron chi connectivity index (χ4n) is 2.27.